The second-order valence-corrected chi connectivity index (χ2v) is 5.52. The van der Waals surface area contributed by atoms with E-state index in [-0.39, 0.29) is 12.2 Å². The summed E-state index contributed by atoms with van der Waals surface area (Å²) in [7, 11) is 1.51. The molecule has 0 amide bonds. The zero-order chi connectivity index (χ0) is 16.8. The van der Waals surface area contributed by atoms with Gasteiger partial charge in [0.05, 0.1) is 12.7 Å². The van der Waals surface area contributed by atoms with E-state index in [9.17, 15) is 9.59 Å². The minimum absolute atomic E-state index is 0.0819. The third kappa shape index (κ3) is 4.33. The van der Waals surface area contributed by atoms with Crippen LogP contribution in [0.2, 0.25) is 5.02 Å². The largest absolute Gasteiger partial charge is 0.496 e. The molecule has 23 heavy (non-hydrogen) atoms. The van der Waals surface area contributed by atoms with Crippen LogP contribution in [0.15, 0.2) is 42.5 Å². The number of carbonyl (C=O) groups excluding carboxylic acids is 1. The van der Waals surface area contributed by atoms with Gasteiger partial charge in [0.1, 0.15) is 5.75 Å². The summed E-state index contributed by atoms with van der Waals surface area (Å²) in [6, 6.07) is 12.0. The van der Waals surface area contributed by atoms with Crippen molar-refractivity contribution >= 4 is 23.4 Å². The molecule has 0 aliphatic rings. The van der Waals surface area contributed by atoms with Crippen LogP contribution < -0.4 is 4.74 Å². The Labute approximate surface area is 139 Å². The van der Waals surface area contributed by atoms with Crippen LogP contribution in [0.3, 0.4) is 0 Å². The molecule has 0 aromatic heterocycles. The molecule has 0 fully saturated rings. The SMILES string of the molecule is COc1c(CCCC(=O)O)cccc1C(=O)c1ccc(Cl)cc1. The zero-order valence-corrected chi connectivity index (χ0v) is 13.5. The Hall–Kier alpha value is -2.33. The Morgan fingerprint density at radius 3 is 2.43 bits per heavy atom. The monoisotopic (exact) mass is 332 g/mol. The molecule has 0 aliphatic heterocycles. The third-order valence-corrected chi connectivity index (χ3v) is 3.74. The van der Waals surface area contributed by atoms with Crippen LogP contribution in [0.1, 0.15) is 34.3 Å². The molecule has 120 valence electrons. The van der Waals surface area contributed by atoms with Crippen molar-refractivity contribution in [3.63, 3.8) is 0 Å². The number of aryl methyl sites for hydroxylation is 1. The smallest absolute Gasteiger partial charge is 0.303 e. The number of hydrogen-bond acceptors (Lipinski definition) is 3. The number of carboxylic acids is 1. The van der Waals surface area contributed by atoms with E-state index in [1.807, 2.05) is 6.07 Å². The molecule has 1 N–H and O–H groups in total. The molecular weight excluding hydrogens is 316 g/mol. The Balaban J connectivity index is 2.29. The van der Waals surface area contributed by atoms with Crippen LogP contribution in [-0.4, -0.2) is 24.0 Å². The van der Waals surface area contributed by atoms with Gasteiger partial charge < -0.3 is 9.84 Å². The quantitative estimate of drug-likeness (QED) is 0.779. The number of ketones is 1. The van der Waals surface area contributed by atoms with Crippen LogP contribution in [0.5, 0.6) is 5.75 Å². The Kier molecular flexibility index (Phi) is 5.77. The highest BCUT2D eigenvalue weighted by Crippen LogP contribution is 2.28. The molecule has 0 atom stereocenters. The number of benzene rings is 2. The van der Waals surface area contributed by atoms with Gasteiger partial charge in [-0.2, -0.15) is 0 Å². The lowest BCUT2D eigenvalue weighted by Crippen LogP contribution is -2.06. The maximum absolute atomic E-state index is 12.7. The number of para-hydroxylation sites is 1. The van der Waals surface area contributed by atoms with Gasteiger partial charge in [0.15, 0.2) is 5.78 Å². The van der Waals surface area contributed by atoms with E-state index < -0.39 is 5.97 Å². The number of aliphatic carboxylic acids is 1. The van der Waals surface area contributed by atoms with Gasteiger partial charge in [-0.05, 0) is 48.7 Å². The van der Waals surface area contributed by atoms with Crippen molar-refractivity contribution in [2.24, 2.45) is 0 Å². The molecule has 0 heterocycles. The molecule has 0 unspecified atom stereocenters. The summed E-state index contributed by atoms with van der Waals surface area (Å²) in [5.74, 6) is -0.492. The first-order valence-electron chi connectivity index (χ1n) is 7.21. The van der Waals surface area contributed by atoms with E-state index in [0.717, 1.165) is 5.56 Å². The normalized spacial score (nSPS) is 10.3. The molecule has 2 aromatic carbocycles. The first-order chi connectivity index (χ1) is 11.0. The number of carboxylic acid groups (broad SMARTS) is 1. The highest BCUT2D eigenvalue weighted by atomic mass is 35.5. The Morgan fingerprint density at radius 2 is 1.83 bits per heavy atom. The van der Waals surface area contributed by atoms with E-state index in [1.165, 1.54) is 7.11 Å². The molecule has 0 saturated heterocycles. The first-order valence-corrected chi connectivity index (χ1v) is 7.58. The number of hydrogen-bond donors (Lipinski definition) is 1. The Bertz CT molecular complexity index is 707. The van der Waals surface area contributed by atoms with Gasteiger partial charge in [-0.1, -0.05) is 23.7 Å². The van der Waals surface area contributed by atoms with E-state index in [4.69, 9.17) is 21.4 Å². The summed E-state index contributed by atoms with van der Waals surface area (Å²) in [4.78, 5) is 23.3. The molecular formula is C18H17ClO4. The van der Waals surface area contributed by atoms with Crippen LogP contribution in [0, 0.1) is 0 Å². The number of carbonyl (C=O) groups is 2. The lowest BCUT2D eigenvalue weighted by molar-refractivity contribution is -0.137. The van der Waals surface area contributed by atoms with Crippen molar-refractivity contribution < 1.29 is 19.4 Å². The predicted molar refractivity (Wildman–Crippen MR) is 88.5 cm³/mol. The second kappa shape index (κ2) is 7.79. The van der Waals surface area contributed by atoms with E-state index in [0.29, 0.717) is 34.7 Å². The highest BCUT2D eigenvalue weighted by Gasteiger charge is 2.17. The van der Waals surface area contributed by atoms with Crippen LogP contribution in [0.25, 0.3) is 0 Å². The van der Waals surface area contributed by atoms with Gasteiger partial charge in [-0.3, -0.25) is 9.59 Å². The van der Waals surface area contributed by atoms with Crippen LogP contribution in [0.4, 0.5) is 0 Å². The zero-order valence-electron chi connectivity index (χ0n) is 12.7. The summed E-state index contributed by atoms with van der Waals surface area (Å²) < 4.78 is 5.41. The summed E-state index contributed by atoms with van der Waals surface area (Å²) in [6.07, 6.45) is 1.11. The molecule has 0 aliphatic carbocycles. The summed E-state index contributed by atoms with van der Waals surface area (Å²) in [5, 5.41) is 9.30. The average molecular weight is 333 g/mol. The van der Waals surface area contributed by atoms with Gasteiger partial charge >= 0.3 is 5.97 Å². The lowest BCUT2D eigenvalue weighted by atomic mass is 9.97. The van der Waals surface area contributed by atoms with E-state index in [1.54, 1.807) is 36.4 Å². The molecule has 0 radical (unpaired) electrons. The van der Waals surface area contributed by atoms with Crippen molar-refractivity contribution in [3.05, 3.63) is 64.2 Å². The molecule has 2 rings (SSSR count). The summed E-state index contributed by atoms with van der Waals surface area (Å²) in [5.41, 5.74) is 1.81. The van der Waals surface area contributed by atoms with Crippen molar-refractivity contribution in [1.29, 1.82) is 0 Å². The number of halogens is 1. The van der Waals surface area contributed by atoms with Crippen molar-refractivity contribution in [2.75, 3.05) is 7.11 Å². The molecule has 0 saturated carbocycles. The molecule has 2 aromatic rings. The number of ether oxygens (including phenoxy) is 1. The maximum Gasteiger partial charge on any atom is 0.303 e. The fraction of sp³-hybridized carbons (Fsp3) is 0.222. The summed E-state index contributed by atoms with van der Waals surface area (Å²) >= 11 is 5.84. The predicted octanol–water partition coefficient (Wildman–Crippen LogP) is 3.99. The second-order valence-electron chi connectivity index (χ2n) is 5.08. The minimum atomic E-state index is -0.836. The topological polar surface area (TPSA) is 63.6 Å². The van der Waals surface area contributed by atoms with Crippen LogP contribution in [-0.2, 0) is 11.2 Å². The van der Waals surface area contributed by atoms with Gasteiger partial charge in [0, 0.05) is 17.0 Å². The highest BCUT2D eigenvalue weighted by molar-refractivity contribution is 6.30. The number of methoxy groups -OCH3 is 1. The number of rotatable bonds is 7. The fourth-order valence-electron chi connectivity index (χ4n) is 2.39. The van der Waals surface area contributed by atoms with Crippen molar-refractivity contribution in [1.82, 2.24) is 0 Å². The fourth-order valence-corrected chi connectivity index (χ4v) is 2.51. The van der Waals surface area contributed by atoms with Crippen molar-refractivity contribution in [3.8, 4) is 5.75 Å². The summed E-state index contributed by atoms with van der Waals surface area (Å²) in [6.45, 7) is 0. The first kappa shape index (κ1) is 17.0. The van der Waals surface area contributed by atoms with Crippen molar-refractivity contribution in [2.45, 2.75) is 19.3 Å². The standard InChI is InChI=1S/C18H17ClO4/c1-23-18-13(5-3-7-16(20)21)4-2-6-15(18)17(22)12-8-10-14(19)11-9-12/h2,4,6,8-11H,3,5,7H2,1H3,(H,20,21). The molecule has 5 heteroatoms. The minimum Gasteiger partial charge on any atom is -0.496 e. The lowest BCUT2D eigenvalue weighted by Gasteiger charge is -2.13. The Morgan fingerprint density at radius 1 is 1.13 bits per heavy atom. The van der Waals surface area contributed by atoms with Gasteiger partial charge in [0.2, 0.25) is 0 Å². The third-order valence-electron chi connectivity index (χ3n) is 3.49. The molecule has 0 spiro atoms. The van der Waals surface area contributed by atoms with Crippen LogP contribution >= 0.6 is 11.6 Å². The van der Waals surface area contributed by atoms with E-state index in [2.05, 4.69) is 0 Å². The van der Waals surface area contributed by atoms with Gasteiger partial charge in [-0.15, -0.1) is 0 Å². The maximum atomic E-state index is 12.7. The van der Waals surface area contributed by atoms with Gasteiger partial charge in [-0.25, -0.2) is 0 Å². The van der Waals surface area contributed by atoms with E-state index >= 15 is 0 Å². The molecule has 0 bridgehead atoms. The average Bonchev–Trinajstić information content (AvgIpc) is 2.54. The molecule has 4 nitrogen and oxygen atoms in total. The van der Waals surface area contributed by atoms with Gasteiger partial charge in [0.25, 0.3) is 0 Å².